The van der Waals surface area contributed by atoms with Crippen LogP contribution in [0.3, 0.4) is 0 Å². The second kappa shape index (κ2) is 7.45. The van der Waals surface area contributed by atoms with E-state index in [1.54, 1.807) is 6.26 Å². The molecule has 6 nitrogen and oxygen atoms in total. The van der Waals surface area contributed by atoms with E-state index in [2.05, 4.69) is 22.9 Å². The van der Waals surface area contributed by atoms with Crippen LogP contribution in [0.1, 0.15) is 55.5 Å². The summed E-state index contributed by atoms with van der Waals surface area (Å²) in [4.78, 5) is 27.6. The summed E-state index contributed by atoms with van der Waals surface area (Å²) in [5.74, 6) is 1.60. The molecule has 2 bridgehead atoms. The van der Waals surface area contributed by atoms with Crippen LogP contribution in [-0.4, -0.2) is 34.0 Å². The molecule has 5 heterocycles. The summed E-state index contributed by atoms with van der Waals surface area (Å²) in [5.41, 5.74) is 3.91. The van der Waals surface area contributed by atoms with Gasteiger partial charge in [0, 0.05) is 55.5 Å². The number of benzene rings is 1. The summed E-state index contributed by atoms with van der Waals surface area (Å²) in [7, 11) is 0. The Morgan fingerprint density at radius 2 is 2.10 bits per heavy atom. The zero-order valence-corrected chi connectivity index (χ0v) is 18.0. The van der Waals surface area contributed by atoms with Gasteiger partial charge in [-0.1, -0.05) is 19.1 Å². The van der Waals surface area contributed by atoms with Crippen LogP contribution in [0.5, 0.6) is 0 Å². The Balaban J connectivity index is 1.28. The molecule has 160 valence electrons. The molecule has 3 aromatic rings. The van der Waals surface area contributed by atoms with E-state index in [9.17, 15) is 4.79 Å². The minimum absolute atomic E-state index is 0.0814. The molecule has 0 amide bonds. The summed E-state index contributed by atoms with van der Waals surface area (Å²) in [6.45, 7) is 5.04. The monoisotopic (exact) mass is 416 g/mol. The van der Waals surface area contributed by atoms with Gasteiger partial charge in [-0.05, 0) is 43.7 Å². The van der Waals surface area contributed by atoms with Gasteiger partial charge in [-0.2, -0.15) is 0 Å². The molecule has 6 rings (SSSR count). The maximum absolute atomic E-state index is 13.0. The number of piperidine rings is 1. The van der Waals surface area contributed by atoms with Crippen LogP contribution < -0.4 is 10.3 Å². The smallest absolute Gasteiger partial charge is 0.225 e. The Morgan fingerprint density at radius 3 is 3.00 bits per heavy atom. The third-order valence-electron chi connectivity index (χ3n) is 7.36. The number of para-hydroxylation sites is 1. The molecule has 3 aliphatic rings. The van der Waals surface area contributed by atoms with Gasteiger partial charge in [-0.3, -0.25) is 9.69 Å². The highest BCUT2D eigenvalue weighted by atomic mass is 16.3. The molecule has 6 heteroatoms. The molecule has 3 unspecified atom stereocenters. The Kier molecular flexibility index (Phi) is 4.56. The third-order valence-corrected chi connectivity index (χ3v) is 7.36. The lowest BCUT2D eigenvalue weighted by Crippen LogP contribution is -2.40. The van der Waals surface area contributed by atoms with Crippen molar-refractivity contribution < 1.29 is 4.42 Å². The Bertz CT molecular complexity index is 1190. The van der Waals surface area contributed by atoms with Gasteiger partial charge in [0.25, 0.3) is 0 Å². The number of fused-ring (bicyclic) bond motifs is 5. The quantitative estimate of drug-likeness (QED) is 0.641. The molecule has 31 heavy (non-hydrogen) atoms. The van der Waals surface area contributed by atoms with Crippen molar-refractivity contribution in [3.05, 3.63) is 63.8 Å². The maximum Gasteiger partial charge on any atom is 0.225 e. The largest absolute Gasteiger partial charge is 0.464 e. The van der Waals surface area contributed by atoms with Crippen LogP contribution in [0.4, 0.5) is 5.95 Å². The van der Waals surface area contributed by atoms with Crippen molar-refractivity contribution in [3.63, 3.8) is 0 Å². The number of nitrogens with zero attached hydrogens (tertiary/aromatic N) is 4. The molecule has 0 saturated carbocycles. The fourth-order valence-corrected chi connectivity index (χ4v) is 5.76. The van der Waals surface area contributed by atoms with Gasteiger partial charge in [-0.25, -0.2) is 9.97 Å². The highest BCUT2D eigenvalue weighted by molar-refractivity contribution is 5.76. The molecule has 3 aliphatic heterocycles. The van der Waals surface area contributed by atoms with E-state index >= 15 is 0 Å². The maximum atomic E-state index is 13.0. The predicted octanol–water partition coefficient (Wildman–Crippen LogP) is 4.08. The van der Waals surface area contributed by atoms with Gasteiger partial charge in [0.15, 0.2) is 5.43 Å². The molecule has 0 aliphatic carbocycles. The zero-order chi connectivity index (χ0) is 20.9. The number of aromatic nitrogens is 2. The Morgan fingerprint density at radius 1 is 1.19 bits per heavy atom. The van der Waals surface area contributed by atoms with Crippen molar-refractivity contribution in [2.75, 3.05) is 18.0 Å². The molecule has 2 fully saturated rings. The third kappa shape index (κ3) is 3.24. The average molecular weight is 417 g/mol. The summed E-state index contributed by atoms with van der Waals surface area (Å²) >= 11 is 0. The van der Waals surface area contributed by atoms with Crippen LogP contribution in [0.15, 0.2) is 45.9 Å². The first-order valence-electron chi connectivity index (χ1n) is 11.5. The Hall–Kier alpha value is -2.73. The van der Waals surface area contributed by atoms with Gasteiger partial charge in [0.05, 0.1) is 17.3 Å². The van der Waals surface area contributed by atoms with E-state index in [1.165, 1.54) is 24.1 Å². The number of rotatable bonds is 3. The number of hydrogen-bond acceptors (Lipinski definition) is 6. The normalized spacial score (nSPS) is 25.7. The second-order valence-corrected chi connectivity index (χ2v) is 9.48. The summed E-state index contributed by atoms with van der Waals surface area (Å²) < 4.78 is 5.76. The van der Waals surface area contributed by atoms with E-state index in [-0.39, 0.29) is 11.5 Å². The van der Waals surface area contributed by atoms with E-state index < -0.39 is 0 Å². The van der Waals surface area contributed by atoms with Crippen molar-refractivity contribution in [3.8, 4) is 0 Å². The SMILES string of the molecule is CC1CCCN(c2ncc3c(n2)CC2CCC3N2Cc2coc3ccccc3c2=O)C1. The van der Waals surface area contributed by atoms with Gasteiger partial charge in [-0.15, -0.1) is 0 Å². The number of anilines is 1. The molecule has 1 aromatic carbocycles. The van der Waals surface area contributed by atoms with E-state index in [1.807, 2.05) is 24.3 Å². The summed E-state index contributed by atoms with van der Waals surface area (Å²) in [6, 6.07) is 8.19. The molecule has 0 N–H and O–H groups in total. The van der Waals surface area contributed by atoms with E-state index in [0.717, 1.165) is 43.9 Å². The first kappa shape index (κ1) is 19.0. The molecule has 2 aromatic heterocycles. The van der Waals surface area contributed by atoms with Crippen molar-refractivity contribution in [2.45, 2.75) is 57.7 Å². The highest BCUT2D eigenvalue weighted by Gasteiger charge is 2.41. The summed E-state index contributed by atoms with van der Waals surface area (Å²) in [6.07, 6.45) is 9.38. The van der Waals surface area contributed by atoms with Crippen LogP contribution in [0, 0.1) is 5.92 Å². The van der Waals surface area contributed by atoms with Crippen molar-refractivity contribution in [2.24, 2.45) is 5.92 Å². The predicted molar refractivity (Wildman–Crippen MR) is 120 cm³/mol. The fourth-order valence-electron chi connectivity index (χ4n) is 5.76. The first-order valence-corrected chi connectivity index (χ1v) is 11.5. The average Bonchev–Trinajstić information content (AvgIpc) is 3.07. The summed E-state index contributed by atoms with van der Waals surface area (Å²) in [5, 5.41) is 0.661. The minimum Gasteiger partial charge on any atom is -0.464 e. The zero-order valence-electron chi connectivity index (χ0n) is 18.0. The van der Waals surface area contributed by atoms with Crippen molar-refractivity contribution in [1.29, 1.82) is 0 Å². The van der Waals surface area contributed by atoms with Gasteiger partial charge >= 0.3 is 0 Å². The standard InChI is InChI=1S/C25H28N4O2/c1-16-5-4-10-28(13-16)25-26-12-20-21(27-25)11-18-8-9-22(20)29(18)14-17-15-31-23-7-3-2-6-19(23)24(17)30/h2-3,6-7,12,15-16,18,22H,4-5,8-11,13-14H2,1H3. The Labute approximate surface area is 181 Å². The topological polar surface area (TPSA) is 62.5 Å². The van der Waals surface area contributed by atoms with Crippen molar-refractivity contribution in [1.82, 2.24) is 14.9 Å². The first-order chi connectivity index (χ1) is 15.2. The fraction of sp³-hybridized carbons (Fsp3) is 0.480. The molecular weight excluding hydrogens is 388 g/mol. The molecular formula is C25H28N4O2. The second-order valence-electron chi connectivity index (χ2n) is 9.48. The molecule has 2 saturated heterocycles. The van der Waals surface area contributed by atoms with Crippen LogP contribution in [0.25, 0.3) is 11.0 Å². The van der Waals surface area contributed by atoms with Crippen LogP contribution in [0.2, 0.25) is 0 Å². The van der Waals surface area contributed by atoms with E-state index in [4.69, 9.17) is 14.4 Å². The van der Waals surface area contributed by atoms with Crippen molar-refractivity contribution >= 4 is 16.9 Å². The van der Waals surface area contributed by atoms with Crippen LogP contribution >= 0.6 is 0 Å². The minimum atomic E-state index is 0.0814. The van der Waals surface area contributed by atoms with E-state index in [0.29, 0.717) is 29.5 Å². The molecule has 0 radical (unpaired) electrons. The highest BCUT2D eigenvalue weighted by Crippen LogP contribution is 2.44. The van der Waals surface area contributed by atoms with Gasteiger partial charge in [0.2, 0.25) is 5.95 Å². The van der Waals surface area contributed by atoms with Crippen LogP contribution in [-0.2, 0) is 13.0 Å². The molecule has 3 atom stereocenters. The lowest BCUT2D eigenvalue weighted by Gasteiger charge is -2.36. The van der Waals surface area contributed by atoms with Gasteiger partial charge in [0.1, 0.15) is 5.58 Å². The number of hydrogen-bond donors (Lipinski definition) is 0. The van der Waals surface area contributed by atoms with Gasteiger partial charge < -0.3 is 9.32 Å². The lowest BCUT2D eigenvalue weighted by molar-refractivity contribution is 0.164. The molecule has 0 spiro atoms. The lowest BCUT2D eigenvalue weighted by atomic mass is 9.98.